The average molecular weight is 351 g/mol. The number of carbonyl (C=O) groups is 2. The molecule has 0 aliphatic carbocycles. The summed E-state index contributed by atoms with van der Waals surface area (Å²) in [7, 11) is 4.39. The van der Waals surface area contributed by atoms with Crippen LogP contribution in [0.2, 0.25) is 0 Å². The largest absolute Gasteiger partial charge is 0.493 e. The van der Waals surface area contributed by atoms with Crippen LogP contribution in [0.25, 0.3) is 0 Å². The molecule has 138 valence electrons. The maximum absolute atomic E-state index is 12.2. The molecule has 8 heteroatoms. The van der Waals surface area contributed by atoms with Crippen LogP contribution in [0.4, 0.5) is 0 Å². The molecule has 0 saturated carbocycles. The summed E-state index contributed by atoms with van der Waals surface area (Å²) in [4.78, 5) is 23.9. The SMILES string of the molecule is COc1cc(C(=O)NCC(=O)N/N=C/C(C)(C)C)cc(OC)c1OC. The average Bonchev–Trinajstić information content (AvgIpc) is 2.56. The Morgan fingerprint density at radius 2 is 1.64 bits per heavy atom. The number of hydrogen-bond donors (Lipinski definition) is 2. The normalized spacial score (nSPS) is 11.1. The van der Waals surface area contributed by atoms with E-state index in [4.69, 9.17) is 14.2 Å². The van der Waals surface area contributed by atoms with Crippen molar-refractivity contribution in [2.45, 2.75) is 20.8 Å². The van der Waals surface area contributed by atoms with Gasteiger partial charge in [0.05, 0.1) is 27.9 Å². The van der Waals surface area contributed by atoms with Crippen LogP contribution in [0, 0.1) is 5.41 Å². The number of rotatable bonds is 7. The van der Waals surface area contributed by atoms with E-state index in [1.807, 2.05) is 20.8 Å². The molecular formula is C17H25N3O5. The van der Waals surface area contributed by atoms with Gasteiger partial charge in [-0.15, -0.1) is 0 Å². The van der Waals surface area contributed by atoms with Gasteiger partial charge in [0.1, 0.15) is 0 Å². The van der Waals surface area contributed by atoms with Crippen molar-refractivity contribution in [2.75, 3.05) is 27.9 Å². The standard InChI is InChI=1S/C17H25N3O5/c1-17(2,3)10-19-20-14(21)9-18-16(22)11-7-12(23-4)15(25-6)13(8-11)24-5/h7-8,10H,9H2,1-6H3,(H,18,22)(H,20,21)/b19-10+. The molecule has 1 aromatic rings. The fourth-order valence-corrected chi connectivity index (χ4v) is 1.81. The van der Waals surface area contributed by atoms with E-state index in [-0.39, 0.29) is 17.5 Å². The highest BCUT2D eigenvalue weighted by molar-refractivity contribution is 5.97. The Morgan fingerprint density at radius 1 is 1.08 bits per heavy atom. The van der Waals surface area contributed by atoms with Crippen molar-refractivity contribution in [1.82, 2.24) is 10.7 Å². The first-order valence-electron chi connectivity index (χ1n) is 7.63. The molecule has 0 unspecified atom stereocenters. The Labute approximate surface area is 147 Å². The number of methoxy groups -OCH3 is 3. The second kappa shape index (κ2) is 8.91. The van der Waals surface area contributed by atoms with E-state index in [0.29, 0.717) is 17.2 Å². The van der Waals surface area contributed by atoms with Crippen molar-refractivity contribution in [3.05, 3.63) is 17.7 Å². The van der Waals surface area contributed by atoms with Crippen molar-refractivity contribution in [2.24, 2.45) is 10.5 Å². The molecule has 1 aromatic carbocycles. The topological polar surface area (TPSA) is 98.2 Å². The molecule has 25 heavy (non-hydrogen) atoms. The van der Waals surface area contributed by atoms with Gasteiger partial charge in [-0.2, -0.15) is 5.10 Å². The molecule has 8 nitrogen and oxygen atoms in total. The Morgan fingerprint density at radius 3 is 2.08 bits per heavy atom. The van der Waals surface area contributed by atoms with Gasteiger partial charge >= 0.3 is 0 Å². The van der Waals surface area contributed by atoms with Crippen molar-refractivity contribution >= 4 is 18.0 Å². The first kappa shape index (κ1) is 20.3. The third-order valence-electron chi connectivity index (χ3n) is 2.98. The van der Waals surface area contributed by atoms with E-state index < -0.39 is 11.8 Å². The number of carbonyl (C=O) groups excluding carboxylic acids is 2. The van der Waals surface area contributed by atoms with Crippen LogP contribution in [0.3, 0.4) is 0 Å². The summed E-state index contributed by atoms with van der Waals surface area (Å²) in [6.07, 6.45) is 1.62. The van der Waals surface area contributed by atoms with Crippen molar-refractivity contribution in [1.29, 1.82) is 0 Å². The Hall–Kier alpha value is -2.77. The van der Waals surface area contributed by atoms with E-state index in [1.165, 1.54) is 33.5 Å². The molecular weight excluding hydrogens is 326 g/mol. The fraction of sp³-hybridized carbons (Fsp3) is 0.471. The number of benzene rings is 1. The molecule has 2 amide bonds. The van der Waals surface area contributed by atoms with Crippen LogP contribution in [-0.4, -0.2) is 45.9 Å². The predicted octanol–water partition coefficient (Wildman–Crippen LogP) is 1.59. The zero-order valence-electron chi connectivity index (χ0n) is 15.4. The van der Waals surface area contributed by atoms with Gasteiger partial charge in [0.15, 0.2) is 11.5 Å². The molecule has 0 radical (unpaired) electrons. The summed E-state index contributed by atoms with van der Waals surface area (Å²) < 4.78 is 15.6. The maximum Gasteiger partial charge on any atom is 0.259 e. The number of nitrogens with one attached hydrogen (secondary N) is 2. The lowest BCUT2D eigenvalue weighted by atomic mass is 9.99. The van der Waals surface area contributed by atoms with Crippen molar-refractivity contribution < 1.29 is 23.8 Å². The van der Waals surface area contributed by atoms with E-state index in [1.54, 1.807) is 6.21 Å². The van der Waals surface area contributed by atoms with Gasteiger partial charge < -0.3 is 19.5 Å². The van der Waals surface area contributed by atoms with Crippen LogP contribution >= 0.6 is 0 Å². The first-order chi connectivity index (χ1) is 11.7. The molecule has 0 aliphatic heterocycles. The van der Waals surface area contributed by atoms with Gasteiger partial charge in [0.25, 0.3) is 11.8 Å². The quantitative estimate of drug-likeness (QED) is 0.574. The summed E-state index contributed by atoms with van der Waals surface area (Å²) in [5.41, 5.74) is 2.49. The van der Waals surface area contributed by atoms with Gasteiger partial charge in [-0.05, 0) is 17.5 Å². The molecule has 0 fully saturated rings. The number of amides is 2. The number of hydrogen-bond acceptors (Lipinski definition) is 6. The Bertz CT molecular complexity index is 625. The lowest BCUT2D eigenvalue weighted by molar-refractivity contribution is -0.120. The Balaban J connectivity index is 2.75. The van der Waals surface area contributed by atoms with Crippen LogP contribution in [0.5, 0.6) is 17.2 Å². The Kier molecular flexibility index (Phi) is 7.22. The van der Waals surface area contributed by atoms with Crippen LogP contribution in [0.1, 0.15) is 31.1 Å². The van der Waals surface area contributed by atoms with E-state index in [0.717, 1.165) is 0 Å². The van der Waals surface area contributed by atoms with Gasteiger partial charge in [-0.1, -0.05) is 20.8 Å². The summed E-state index contributed by atoms with van der Waals surface area (Å²) in [5, 5.41) is 6.35. The summed E-state index contributed by atoms with van der Waals surface area (Å²) in [6, 6.07) is 3.01. The van der Waals surface area contributed by atoms with Crippen LogP contribution < -0.4 is 25.0 Å². The number of hydrazone groups is 1. The number of nitrogens with zero attached hydrogens (tertiary/aromatic N) is 1. The van der Waals surface area contributed by atoms with Gasteiger partial charge in [-0.25, -0.2) is 5.43 Å². The van der Waals surface area contributed by atoms with E-state index >= 15 is 0 Å². The first-order valence-corrected chi connectivity index (χ1v) is 7.63. The fourth-order valence-electron chi connectivity index (χ4n) is 1.81. The third-order valence-corrected chi connectivity index (χ3v) is 2.98. The molecule has 2 N–H and O–H groups in total. The highest BCUT2D eigenvalue weighted by Gasteiger charge is 2.17. The summed E-state index contributed by atoms with van der Waals surface area (Å²) in [6.45, 7) is 5.65. The van der Waals surface area contributed by atoms with Crippen molar-refractivity contribution in [3.63, 3.8) is 0 Å². The molecule has 0 aromatic heterocycles. The molecule has 0 heterocycles. The zero-order valence-corrected chi connectivity index (χ0v) is 15.4. The number of ether oxygens (including phenoxy) is 3. The smallest absolute Gasteiger partial charge is 0.259 e. The van der Waals surface area contributed by atoms with Gasteiger partial charge in [-0.3, -0.25) is 9.59 Å². The minimum atomic E-state index is -0.450. The highest BCUT2D eigenvalue weighted by Crippen LogP contribution is 2.38. The lowest BCUT2D eigenvalue weighted by Crippen LogP contribution is -2.35. The summed E-state index contributed by atoms with van der Waals surface area (Å²) in [5.74, 6) is 0.212. The minimum absolute atomic E-state index is 0.146. The van der Waals surface area contributed by atoms with Gasteiger partial charge in [0, 0.05) is 11.8 Å². The monoisotopic (exact) mass is 351 g/mol. The summed E-state index contributed by atoms with van der Waals surface area (Å²) >= 11 is 0. The highest BCUT2D eigenvalue weighted by atomic mass is 16.5. The molecule has 0 spiro atoms. The predicted molar refractivity (Wildman–Crippen MR) is 94.5 cm³/mol. The second-order valence-corrected chi connectivity index (χ2v) is 6.26. The van der Waals surface area contributed by atoms with Crippen LogP contribution in [-0.2, 0) is 4.79 Å². The van der Waals surface area contributed by atoms with E-state index in [2.05, 4.69) is 15.8 Å². The van der Waals surface area contributed by atoms with Crippen molar-refractivity contribution in [3.8, 4) is 17.2 Å². The minimum Gasteiger partial charge on any atom is -0.493 e. The van der Waals surface area contributed by atoms with E-state index in [9.17, 15) is 9.59 Å². The molecule has 0 aliphatic rings. The lowest BCUT2D eigenvalue weighted by Gasteiger charge is -2.14. The third kappa shape index (κ3) is 6.33. The maximum atomic E-state index is 12.2. The second-order valence-electron chi connectivity index (χ2n) is 6.26. The van der Waals surface area contributed by atoms with Crippen LogP contribution in [0.15, 0.2) is 17.2 Å². The molecule has 0 atom stereocenters. The zero-order chi connectivity index (χ0) is 19.0. The molecule has 1 rings (SSSR count). The molecule has 0 saturated heterocycles. The van der Waals surface area contributed by atoms with Gasteiger partial charge in [0.2, 0.25) is 5.75 Å². The molecule has 0 bridgehead atoms.